The van der Waals surface area contributed by atoms with Crippen LogP contribution in [0, 0.1) is 17.8 Å². The molecular weight excluding hydrogens is 330 g/mol. The highest BCUT2D eigenvalue weighted by Crippen LogP contribution is 2.49. The molecule has 2 aromatic rings. The second-order valence-corrected chi connectivity index (χ2v) is 7.64. The van der Waals surface area contributed by atoms with Gasteiger partial charge in [-0.3, -0.25) is 4.79 Å². The number of aromatic nitrogens is 4. The van der Waals surface area contributed by atoms with E-state index in [9.17, 15) is 4.79 Å². The Balaban J connectivity index is 1.31. The quantitative estimate of drug-likeness (QED) is 0.860. The van der Waals surface area contributed by atoms with Crippen LogP contribution in [0.3, 0.4) is 0 Å². The lowest BCUT2D eigenvalue weighted by Gasteiger charge is -2.29. The largest absolute Gasteiger partial charge is 0.481 e. The lowest BCUT2D eigenvalue weighted by atomic mass is 9.84. The molecule has 4 rings (SSSR count). The molecule has 1 N–H and O–H groups in total. The highest BCUT2D eigenvalue weighted by atomic mass is 16.5. The van der Waals surface area contributed by atoms with Crippen molar-refractivity contribution in [3.05, 3.63) is 30.6 Å². The lowest BCUT2D eigenvalue weighted by molar-refractivity contribution is -0.128. The van der Waals surface area contributed by atoms with Gasteiger partial charge < -0.3 is 10.1 Å². The van der Waals surface area contributed by atoms with Gasteiger partial charge in [-0.1, -0.05) is 6.42 Å². The van der Waals surface area contributed by atoms with Crippen molar-refractivity contribution in [3.8, 4) is 11.4 Å². The molecule has 1 amide bonds. The summed E-state index contributed by atoms with van der Waals surface area (Å²) < 4.78 is 7.37. The van der Waals surface area contributed by atoms with Crippen molar-refractivity contribution in [2.45, 2.75) is 51.7 Å². The number of benzene rings is 1. The van der Waals surface area contributed by atoms with E-state index < -0.39 is 6.10 Å². The molecule has 7 nitrogen and oxygen atoms in total. The van der Waals surface area contributed by atoms with Gasteiger partial charge in [-0.15, -0.1) is 5.10 Å². The maximum Gasteiger partial charge on any atom is 0.260 e. The molecule has 2 aliphatic carbocycles. The van der Waals surface area contributed by atoms with E-state index in [1.807, 2.05) is 24.3 Å². The second kappa shape index (κ2) is 7.05. The zero-order chi connectivity index (χ0) is 18.1. The van der Waals surface area contributed by atoms with Crippen LogP contribution < -0.4 is 10.1 Å². The van der Waals surface area contributed by atoms with Gasteiger partial charge in [0.15, 0.2) is 6.10 Å². The summed E-state index contributed by atoms with van der Waals surface area (Å²) in [6.45, 7) is 3.93. The number of carbonyl (C=O) groups is 1. The van der Waals surface area contributed by atoms with Crippen molar-refractivity contribution in [3.63, 3.8) is 0 Å². The predicted molar refractivity (Wildman–Crippen MR) is 95.8 cm³/mol. The van der Waals surface area contributed by atoms with Crippen molar-refractivity contribution in [2.75, 3.05) is 0 Å². The van der Waals surface area contributed by atoms with Gasteiger partial charge in [0.2, 0.25) is 0 Å². The summed E-state index contributed by atoms with van der Waals surface area (Å²) in [6.07, 6.45) is 6.32. The van der Waals surface area contributed by atoms with E-state index in [4.69, 9.17) is 4.74 Å². The van der Waals surface area contributed by atoms with Crippen LogP contribution in [0.2, 0.25) is 0 Å². The van der Waals surface area contributed by atoms with E-state index in [0.717, 1.165) is 17.5 Å². The maximum absolute atomic E-state index is 12.5. The number of fused-ring (bicyclic) bond motifs is 2. The van der Waals surface area contributed by atoms with Crippen molar-refractivity contribution >= 4 is 5.91 Å². The number of amides is 1. The monoisotopic (exact) mass is 355 g/mol. The molecule has 0 aliphatic heterocycles. The molecule has 1 aromatic carbocycles. The van der Waals surface area contributed by atoms with Crippen LogP contribution in [0.5, 0.6) is 5.75 Å². The highest BCUT2D eigenvalue weighted by molar-refractivity contribution is 5.81. The minimum absolute atomic E-state index is 0.0511. The number of carbonyl (C=O) groups excluding carboxylic acids is 1. The van der Waals surface area contributed by atoms with Crippen molar-refractivity contribution < 1.29 is 9.53 Å². The number of nitrogens with one attached hydrogen (secondary N) is 1. The Labute approximate surface area is 153 Å². The first-order chi connectivity index (χ1) is 12.6. The van der Waals surface area contributed by atoms with Gasteiger partial charge in [-0.05, 0) is 85.6 Å². The summed E-state index contributed by atoms with van der Waals surface area (Å²) in [5.74, 6) is 2.91. The van der Waals surface area contributed by atoms with Crippen molar-refractivity contribution in [2.24, 2.45) is 17.8 Å². The maximum atomic E-state index is 12.5. The Bertz CT molecular complexity index is 746. The van der Waals surface area contributed by atoms with Crippen LogP contribution in [-0.4, -0.2) is 38.3 Å². The Kier molecular flexibility index (Phi) is 4.61. The first kappa shape index (κ1) is 17.0. The van der Waals surface area contributed by atoms with Crippen LogP contribution in [0.4, 0.5) is 0 Å². The van der Waals surface area contributed by atoms with Gasteiger partial charge >= 0.3 is 0 Å². The SMILES string of the molecule is C[C@H](Oc1ccc(-n2cnnn2)cc1)C(=O)N[C@@H](C)[C@H]1C[C@H]2CC[C@H]1C2. The molecule has 7 heteroatoms. The minimum Gasteiger partial charge on any atom is -0.481 e. The Morgan fingerprint density at radius 3 is 2.65 bits per heavy atom. The standard InChI is InChI=1S/C19H25N5O2/c1-12(18-10-14-3-4-15(18)9-14)21-19(25)13(2)26-17-7-5-16(6-8-17)24-11-20-22-23-24/h5-8,11-15,18H,3-4,9-10H2,1-2H3,(H,21,25)/t12-,13-,14-,15-,18+/m0/s1. The van der Waals surface area contributed by atoms with E-state index >= 15 is 0 Å². The molecule has 0 unspecified atom stereocenters. The molecule has 2 saturated carbocycles. The van der Waals surface area contributed by atoms with E-state index in [-0.39, 0.29) is 11.9 Å². The molecule has 2 fully saturated rings. The molecule has 138 valence electrons. The zero-order valence-electron chi connectivity index (χ0n) is 15.2. The lowest BCUT2D eigenvalue weighted by Crippen LogP contribution is -2.45. The average molecular weight is 355 g/mol. The Hall–Kier alpha value is -2.44. The molecule has 0 spiro atoms. The van der Waals surface area contributed by atoms with Gasteiger partial charge in [-0.25, -0.2) is 4.68 Å². The number of rotatable bonds is 6. The molecule has 0 saturated heterocycles. The Morgan fingerprint density at radius 2 is 2.04 bits per heavy atom. The fraction of sp³-hybridized carbons (Fsp3) is 0.579. The third-order valence-corrected chi connectivity index (χ3v) is 5.94. The smallest absolute Gasteiger partial charge is 0.260 e. The van der Waals surface area contributed by atoms with Gasteiger partial charge in [-0.2, -0.15) is 0 Å². The average Bonchev–Trinajstić information content (AvgIpc) is 3.40. The first-order valence-corrected chi connectivity index (χ1v) is 9.40. The fourth-order valence-electron chi connectivity index (χ4n) is 4.57. The highest BCUT2D eigenvalue weighted by Gasteiger charge is 2.42. The van der Waals surface area contributed by atoms with Gasteiger partial charge in [0.25, 0.3) is 5.91 Å². The third kappa shape index (κ3) is 3.43. The molecule has 2 aliphatic rings. The second-order valence-electron chi connectivity index (χ2n) is 7.64. The summed E-state index contributed by atoms with van der Waals surface area (Å²) in [5.41, 5.74) is 0.837. The van der Waals surface area contributed by atoms with Crippen LogP contribution >= 0.6 is 0 Å². The number of hydrogen-bond acceptors (Lipinski definition) is 5. The van der Waals surface area contributed by atoms with Crippen LogP contribution in [0.25, 0.3) is 5.69 Å². The first-order valence-electron chi connectivity index (χ1n) is 9.40. The molecular formula is C19H25N5O2. The molecule has 5 atom stereocenters. The van der Waals surface area contributed by atoms with Gasteiger partial charge in [0.1, 0.15) is 12.1 Å². The van der Waals surface area contributed by atoms with Crippen molar-refractivity contribution in [1.82, 2.24) is 25.5 Å². The van der Waals surface area contributed by atoms with Gasteiger partial charge in [0.05, 0.1) is 5.69 Å². The summed E-state index contributed by atoms with van der Waals surface area (Å²) in [4.78, 5) is 12.5. The van der Waals surface area contributed by atoms with E-state index in [2.05, 4.69) is 27.8 Å². The zero-order valence-corrected chi connectivity index (χ0v) is 15.2. The number of tetrazole rings is 1. The van der Waals surface area contributed by atoms with Gasteiger partial charge in [0, 0.05) is 6.04 Å². The predicted octanol–water partition coefficient (Wildman–Crippen LogP) is 2.37. The summed E-state index contributed by atoms with van der Waals surface area (Å²) in [6, 6.07) is 7.56. The third-order valence-electron chi connectivity index (χ3n) is 5.94. The number of hydrogen-bond donors (Lipinski definition) is 1. The number of nitrogens with zero attached hydrogens (tertiary/aromatic N) is 4. The molecule has 1 heterocycles. The Morgan fingerprint density at radius 1 is 1.23 bits per heavy atom. The number of ether oxygens (including phenoxy) is 1. The minimum atomic E-state index is -0.532. The molecule has 1 aromatic heterocycles. The topological polar surface area (TPSA) is 81.9 Å². The van der Waals surface area contributed by atoms with Crippen molar-refractivity contribution in [1.29, 1.82) is 0 Å². The summed E-state index contributed by atoms with van der Waals surface area (Å²) in [5, 5.41) is 14.2. The normalized spacial score (nSPS) is 26.5. The molecule has 26 heavy (non-hydrogen) atoms. The van der Waals surface area contributed by atoms with E-state index in [1.54, 1.807) is 11.6 Å². The van der Waals surface area contributed by atoms with Crippen LogP contribution in [0.1, 0.15) is 39.5 Å². The van der Waals surface area contributed by atoms with Crippen LogP contribution in [-0.2, 0) is 4.79 Å². The molecule has 2 bridgehead atoms. The summed E-state index contributed by atoms with van der Waals surface area (Å²) in [7, 11) is 0. The fourth-order valence-corrected chi connectivity index (χ4v) is 4.57. The molecule has 0 radical (unpaired) electrons. The summed E-state index contributed by atoms with van der Waals surface area (Å²) >= 11 is 0. The van der Waals surface area contributed by atoms with E-state index in [1.165, 1.54) is 32.0 Å². The van der Waals surface area contributed by atoms with E-state index in [0.29, 0.717) is 11.7 Å². The van der Waals surface area contributed by atoms with Crippen LogP contribution in [0.15, 0.2) is 30.6 Å².